The first-order valence-corrected chi connectivity index (χ1v) is 8.70. The second-order valence-corrected chi connectivity index (χ2v) is 6.60. The number of halogens is 6. The van der Waals surface area contributed by atoms with E-state index in [-0.39, 0.29) is 27.9 Å². The second kappa shape index (κ2) is 6.61. The van der Waals surface area contributed by atoms with E-state index in [1.165, 1.54) is 0 Å². The van der Waals surface area contributed by atoms with Crippen LogP contribution in [0.4, 0.5) is 32.3 Å². The van der Waals surface area contributed by atoms with E-state index < -0.39 is 23.6 Å². The highest BCUT2D eigenvalue weighted by Crippen LogP contribution is 2.39. The van der Waals surface area contributed by atoms with Crippen LogP contribution in [0.5, 0.6) is 0 Å². The highest BCUT2D eigenvalue weighted by molar-refractivity contribution is 5.99. The first kappa shape index (κ1) is 19.5. The molecule has 2 aromatic heterocycles. The summed E-state index contributed by atoms with van der Waals surface area (Å²) in [5, 5.41) is 6.74. The number of anilines is 1. The van der Waals surface area contributed by atoms with Crippen molar-refractivity contribution >= 4 is 28.4 Å². The fourth-order valence-corrected chi connectivity index (χ4v) is 3.46. The molecule has 29 heavy (non-hydrogen) atoms. The number of hydrogen-bond donors (Lipinski definition) is 1. The van der Waals surface area contributed by atoms with Gasteiger partial charge in [-0.15, -0.1) is 0 Å². The summed E-state index contributed by atoms with van der Waals surface area (Å²) in [6.07, 6.45) is -8.49. The number of nitrogens with one attached hydrogen (secondary N) is 1. The van der Waals surface area contributed by atoms with Gasteiger partial charge in [0.2, 0.25) is 5.95 Å². The molecule has 0 bridgehead atoms. The van der Waals surface area contributed by atoms with Crippen LogP contribution in [-0.4, -0.2) is 40.8 Å². The normalized spacial score (nSPS) is 16.0. The molecule has 0 atom stereocenters. The van der Waals surface area contributed by atoms with Crippen molar-refractivity contribution in [2.24, 2.45) is 0 Å². The van der Waals surface area contributed by atoms with Crippen molar-refractivity contribution in [2.75, 3.05) is 31.1 Å². The molecule has 0 unspecified atom stereocenters. The molecule has 3 aromatic rings. The minimum absolute atomic E-state index is 0.0726. The number of nitrogens with zero attached hydrogens (tertiary/aromatic N) is 4. The SMILES string of the molecule is C=Cc1c(C(F)(F)F)nn2c(N3CCNCC3)nc3ccc(C(F)(F)F)cc3c12. The molecular weight excluding hydrogens is 400 g/mol. The van der Waals surface area contributed by atoms with Crippen LogP contribution >= 0.6 is 0 Å². The van der Waals surface area contributed by atoms with E-state index in [0.717, 1.165) is 28.8 Å². The molecule has 1 saturated heterocycles. The minimum Gasteiger partial charge on any atom is -0.338 e. The molecule has 1 fully saturated rings. The Morgan fingerprint density at radius 1 is 1.03 bits per heavy atom. The molecule has 0 saturated carbocycles. The van der Waals surface area contributed by atoms with E-state index in [0.29, 0.717) is 26.2 Å². The summed E-state index contributed by atoms with van der Waals surface area (Å²) < 4.78 is 81.3. The van der Waals surface area contributed by atoms with Crippen LogP contribution in [0, 0.1) is 0 Å². The molecule has 1 aromatic carbocycles. The standard InChI is InChI=1S/C18H15F6N5/c1-2-11-14-12-9-10(17(19,20)21)3-4-13(12)26-16(28-7-5-25-6-8-28)29(14)27-15(11)18(22,23)24/h2-4,9,25H,1,5-8H2. The average molecular weight is 415 g/mol. The lowest BCUT2D eigenvalue weighted by Gasteiger charge is -2.28. The van der Waals surface area contributed by atoms with Crippen molar-refractivity contribution in [2.45, 2.75) is 12.4 Å². The molecule has 154 valence electrons. The van der Waals surface area contributed by atoms with Crippen LogP contribution < -0.4 is 10.2 Å². The Labute approximate surface area is 160 Å². The topological polar surface area (TPSA) is 45.5 Å². The van der Waals surface area contributed by atoms with E-state index >= 15 is 0 Å². The maximum atomic E-state index is 13.6. The molecule has 11 heteroatoms. The Morgan fingerprint density at radius 2 is 1.72 bits per heavy atom. The van der Waals surface area contributed by atoms with Gasteiger partial charge in [-0.25, -0.2) is 4.98 Å². The number of aromatic nitrogens is 3. The molecule has 0 radical (unpaired) electrons. The summed E-state index contributed by atoms with van der Waals surface area (Å²) in [6.45, 7) is 5.56. The first-order chi connectivity index (χ1) is 13.6. The van der Waals surface area contributed by atoms with Crippen molar-refractivity contribution < 1.29 is 26.3 Å². The lowest BCUT2D eigenvalue weighted by molar-refractivity contribution is -0.141. The summed E-state index contributed by atoms with van der Waals surface area (Å²) >= 11 is 0. The highest BCUT2D eigenvalue weighted by Gasteiger charge is 2.39. The molecule has 1 aliphatic rings. The molecule has 5 nitrogen and oxygen atoms in total. The van der Waals surface area contributed by atoms with Gasteiger partial charge in [0.1, 0.15) is 0 Å². The van der Waals surface area contributed by atoms with Gasteiger partial charge in [0.25, 0.3) is 0 Å². The van der Waals surface area contributed by atoms with Gasteiger partial charge in [-0.1, -0.05) is 12.7 Å². The van der Waals surface area contributed by atoms with Crippen LogP contribution in [-0.2, 0) is 12.4 Å². The molecule has 4 rings (SSSR count). The molecule has 1 N–H and O–H groups in total. The number of benzene rings is 1. The second-order valence-electron chi connectivity index (χ2n) is 6.60. The average Bonchev–Trinajstić information content (AvgIpc) is 3.07. The zero-order chi connectivity index (χ0) is 21.0. The summed E-state index contributed by atoms with van der Waals surface area (Å²) in [4.78, 5) is 6.10. The zero-order valence-corrected chi connectivity index (χ0v) is 14.9. The number of piperazine rings is 1. The van der Waals surface area contributed by atoms with Gasteiger partial charge in [-0.05, 0) is 18.2 Å². The predicted octanol–water partition coefficient (Wildman–Crippen LogP) is 3.97. The van der Waals surface area contributed by atoms with E-state index in [2.05, 4.69) is 22.0 Å². The van der Waals surface area contributed by atoms with Gasteiger partial charge in [0.05, 0.1) is 16.6 Å². The van der Waals surface area contributed by atoms with Crippen molar-refractivity contribution in [3.05, 3.63) is 41.6 Å². The summed E-state index contributed by atoms with van der Waals surface area (Å²) in [6, 6.07) is 2.83. The Hall–Kier alpha value is -2.82. The van der Waals surface area contributed by atoms with E-state index in [9.17, 15) is 26.3 Å². The van der Waals surface area contributed by atoms with Gasteiger partial charge in [0, 0.05) is 37.1 Å². The van der Waals surface area contributed by atoms with Gasteiger partial charge >= 0.3 is 12.4 Å². The Balaban J connectivity index is 2.11. The third kappa shape index (κ3) is 3.28. The third-order valence-corrected chi connectivity index (χ3v) is 4.78. The summed E-state index contributed by atoms with van der Waals surface area (Å²) in [7, 11) is 0. The number of fused-ring (bicyclic) bond motifs is 3. The van der Waals surface area contributed by atoms with Gasteiger partial charge in [0.15, 0.2) is 5.69 Å². The van der Waals surface area contributed by atoms with Crippen molar-refractivity contribution in [3.63, 3.8) is 0 Å². The molecule has 0 amide bonds. The first-order valence-electron chi connectivity index (χ1n) is 8.70. The predicted molar refractivity (Wildman–Crippen MR) is 95.7 cm³/mol. The molecule has 0 spiro atoms. The van der Waals surface area contributed by atoms with Gasteiger partial charge in [-0.2, -0.15) is 36.0 Å². The maximum Gasteiger partial charge on any atom is 0.435 e. The van der Waals surface area contributed by atoms with Crippen LogP contribution in [0.15, 0.2) is 24.8 Å². The molecular formula is C18H15F6N5. The fourth-order valence-electron chi connectivity index (χ4n) is 3.46. The minimum atomic E-state index is -4.80. The Kier molecular flexibility index (Phi) is 4.45. The van der Waals surface area contributed by atoms with E-state index in [1.807, 2.05) is 0 Å². The van der Waals surface area contributed by atoms with E-state index in [1.54, 1.807) is 4.90 Å². The fraction of sp³-hybridized carbons (Fsp3) is 0.333. The smallest absolute Gasteiger partial charge is 0.338 e. The lowest BCUT2D eigenvalue weighted by Crippen LogP contribution is -2.44. The largest absolute Gasteiger partial charge is 0.435 e. The Morgan fingerprint density at radius 3 is 2.31 bits per heavy atom. The van der Waals surface area contributed by atoms with Gasteiger partial charge in [-0.3, -0.25) is 0 Å². The quantitative estimate of drug-likeness (QED) is 0.644. The maximum absolute atomic E-state index is 13.6. The van der Waals surface area contributed by atoms with Crippen LogP contribution in [0.3, 0.4) is 0 Å². The van der Waals surface area contributed by atoms with Crippen molar-refractivity contribution in [1.82, 2.24) is 19.9 Å². The van der Waals surface area contributed by atoms with Crippen molar-refractivity contribution in [3.8, 4) is 0 Å². The van der Waals surface area contributed by atoms with Crippen LogP contribution in [0.1, 0.15) is 16.8 Å². The number of rotatable bonds is 2. The highest BCUT2D eigenvalue weighted by atomic mass is 19.4. The van der Waals surface area contributed by atoms with Crippen molar-refractivity contribution in [1.29, 1.82) is 0 Å². The summed E-state index contributed by atoms with van der Waals surface area (Å²) in [5.41, 5.74) is -2.52. The Bertz CT molecular complexity index is 1090. The van der Waals surface area contributed by atoms with Gasteiger partial charge < -0.3 is 10.2 Å². The monoisotopic (exact) mass is 415 g/mol. The number of hydrogen-bond acceptors (Lipinski definition) is 4. The number of alkyl halides is 6. The molecule has 0 aliphatic carbocycles. The van der Waals surface area contributed by atoms with Crippen LogP contribution in [0.25, 0.3) is 22.5 Å². The molecule has 1 aliphatic heterocycles. The van der Waals surface area contributed by atoms with Crippen LogP contribution in [0.2, 0.25) is 0 Å². The lowest BCUT2D eigenvalue weighted by atomic mass is 10.1. The zero-order valence-electron chi connectivity index (χ0n) is 14.9. The molecule has 3 heterocycles. The summed E-state index contributed by atoms with van der Waals surface area (Å²) in [5.74, 6) is 0.146. The van der Waals surface area contributed by atoms with E-state index in [4.69, 9.17) is 0 Å². The third-order valence-electron chi connectivity index (χ3n) is 4.78.